The van der Waals surface area contributed by atoms with Crippen LogP contribution in [-0.4, -0.2) is 6.29 Å². The molecule has 1 aromatic rings. The molecule has 0 bridgehead atoms. The Labute approximate surface area is 85.7 Å². The Morgan fingerprint density at radius 1 is 0.938 bits per heavy atom. The maximum absolute atomic E-state index is 12.2. The number of hydrogen-bond acceptors (Lipinski definition) is 1. The van der Waals surface area contributed by atoms with Crippen molar-refractivity contribution < 1.29 is 31.1 Å². The standard InChI is InChI=1S/C9H4F6O/c10-8(11,12)6-1-2-7(9(13,14)15)5(3-6)4-16/h1-4H. The lowest BCUT2D eigenvalue weighted by Crippen LogP contribution is -2.12. The summed E-state index contributed by atoms with van der Waals surface area (Å²) in [6, 6.07) is 0.707. The summed E-state index contributed by atoms with van der Waals surface area (Å²) in [7, 11) is 0. The van der Waals surface area contributed by atoms with Crippen molar-refractivity contribution in [1.29, 1.82) is 0 Å². The molecule has 1 rings (SSSR count). The number of hydrogen-bond donors (Lipinski definition) is 0. The number of rotatable bonds is 1. The summed E-state index contributed by atoms with van der Waals surface area (Å²) in [5.74, 6) is 0. The zero-order chi connectivity index (χ0) is 12.6. The van der Waals surface area contributed by atoms with E-state index in [9.17, 15) is 31.1 Å². The molecule has 0 aromatic heterocycles. The molecule has 0 heterocycles. The van der Waals surface area contributed by atoms with Gasteiger partial charge in [0.1, 0.15) is 0 Å². The SMILES string of the molecule is O=Cc1cc(C(F)(F)F)ccc1C(F)(F)F. The van der Waals surface area contributed by atoms with Crippen LogP contribution in [0.3, 0.4) is 0 Å². The van der Waals surface area contributed by atoms with Gasteiger partial charge < -0.3 is 0 Å². The van der Waals surface area contributed by atoms with Gasteiger partial charge in [-0.25, -0.2) is 0 Å². The van der Waals surface area contributed by atoms with Crippen LogP contribution in [0.5, 0.6) is 0 Å². The second-order valence-electron chi connectivity index (χ2n) is 2.92. The fraction of sp³-hybridized carbons (Fsp3) is 0.222. The Kier molecular flexibility index (Phi) is 2.98. The Morgan fingerprint density at radius 3 is 1.88 bits per heavy atom. The van der Waals surface area contributed by atoms with Crippen molar-refractivity contribution in [3.8, 4) is 0 Å². The average Bonchev–Trinajstić information content (AvgIpc) is 2.14. The number of alkyl halides is 6. The van der Waals surface area contributed by atoms with Crippen molar-refractivity contribution in [2.24, 2.45) is 0 Å². The molecule has 16 heavy (non-hydrogen) atoms. The van der Waals surface area contributed by atoms with Crippen LogP contribution in [0, 0.1) is 0 Å². The summed E-state index contributed by atoms with van der Waals surface area (Å²) in [5, 5.41) is 0. The summed E-state index contributed by atoms with van der Waals surface area (Å²) in [6.45, 7) is 0. The second kappa shape index (κ2) is 3.80. The van der Waals surface area contributed by atoms with Crippen molar-refractivity contribution in [2.45, 2.75) is 12.4 Å². The van der Waals surface area contributed by atoms with Gasteiger partial charge in [0.05, 0.1) is 11.1 Å². The van der Waals surface area contributed by atoms with Gasteiger partial charge in [-0.05, 0) is 18.2 Å². The quantitative estimate of drug-likeness (QED) is 0.543. The minimum Gasteiger partial charge on any atom is -0.298 e. The molecule has 0 amide bonds. The highest BCUT2D eigenvalue weighted by Gasteiger charge is 2.36. The summed E-state index contributed by atoms with van der Waals surface area (Å²) < 4.78 is 73.1. The minimum absolute atomic E-state index is 0.176. The lowest BCUT2D eigenvalue weighted by molar-refractivity contribution is -0.141. The van der Waals surface area contributed by atoms with Gasteiger partial charge in [-0.1, -0.05) is 0 Å². The first kappa shape index (κ1) is 12.5. The summed E-state index contributed by atoms with van der Waals surface area (Å²) >= 11 is 0. The van der Waals surface area contributed by atoms with Crippen LogP contribution in [0.4, 0.5) is 26.3 Å². The van der Waals surface area contributed by atoms with Crippen LogP contribution in [0.2, 0.25) is 0 Å². The molecule has 0 saturated carbocycles. The molecule has 0 aliphatic carbocycles. The molecule has 7 heteroatoms. The van der Waals surface area contributed by atoms with Gasteiger partial charge in [0.2, 0.25) is 0 Å². The Bertz CT molecular complexity index is 403. The monoisotopic (exact) mass is 242 g/mol. The van der Waals surface area contributed by atoms with E-state index in [0.717, 1.165) is 0 Å². The van der Waals surface area contributed by atoms with E-state index in [-0.39, 0.29) is 24.5 Å². The Hall–Kier alpha value is -1.53. The molecular formula is C9H4F6O. The van der Waals surface area contributed by atoms with Crippen LogP contribution in [-0.2, 0) is 12.4 Å². The van der Waals surface area contributed by atoms with E-state index in [1.165, 1.54) is 0 Å². The van der Waals surface area contributed by atoms with Crippen LogP contribution in [0.1, 0.15) is 21.5 Å². The maximum atomic E-state index is 12.2. The van der Waals surface area contributed by atoms with Crippen molar-refractivity contribution in [3.05, 3.63) is 34.9 Å². The van der Waals surface area contributed by atoms with Gasteiger partial charge in [-0.15, -0.1) is 0 Å². The molecule has 0 atom stereocenters. The van der Waals surface area contributed by atoms with E-state index in [4.69, 9.17) is 0 Å². The van der Waals surface area contributed by atoms with E-state index < -0.39 is 29.0 Å². The molecule has 0 aliphatic rings. The molecule has 1 nitrogen and oxygen atoms in total. The van der Waals surface area contributed by atoms with E-state index in [0.29, 0.717) is 0 Å². The molecule has 88 valence electrons. The first-order chi connectivity index (χ1) is 7.16. The third kappa shape index (κ3) is 2.53. The molecular weight excluding hydrogens is 238 g/mol. The van der Waals surface area contributed by atoms with Gasteiger partial charge >= 0.3 is 12.4 Å². The number of benzene rings is 1. The Balaban J connectivity index is 3.34. The molecule has 0 fully saturated rings. The van der Waals surface area contributed by atoms with Gasteiger partial charge in [0.25, 0.3) is 0 Å². The second-order valence-corrected chi connectivity index (χ2v) is 2.92. The highest BCUT2D eigenvalue weighted by Crippen LogP contribution is 2.35. The van der Waals surface area contributed by atoms with Crippen molar-refractivity contribution in [1.82, 2.24) is 0 Å². The van der Waals surface area contributed by atoms with Crippen LogP contribution < -0.4 is 0 Å². The zero-order valence-corrected chi connectivity index (χ0v) is 7.49. The van der Waals surface area contributed by atoms with E-state index in [2.05, 4.69) is 0 Å². The summed E-state index contributed by atoms with van der Waals surface area (Å²) in [6.07, 6.45) is -9.87. The normalized spacial score (nSPS) is 12.6. The first-order valence-corrected chi connectivity index (χ1v) is 3.90. The van der Waals surface area contributed by atoms with Crippen molar-refractivity contribution in [3.63, 3.8) is 0 Å². The molecule has 0 spiro atoms. The minimum atomic E-state index is -4.85. The van der Waals surface area contributed by atoms with E-state index >= 15 is 0 Å². The van der Waals surface area contributed by atoms with Crippen LogP contribution in [0.25, 0.3) is 0 Å². The molecule has 0 saturated heterocycles. The molecule has 0 aliphatic heterocycles. The van der Waals surface area contributed by atoms with Crippen molar-refractivity contribution >= 4 is 6.29 Å². The topological polar surface area (TPSA) is 17.1 Å². The highest BCUT2D eigenvalue weighted by atomic mass is 19.4. The lowest BCUT2D eigenvalue weighted by atomic mass is 10.0. The number of carbonyl (C=O) groups is 1. The number of aldehydes is 1. The molecule has 1 aromatic carbocycles. The third-order valence-corrected chi connectivity index (χ3v) is 1.81. The van der Waals surface area contributed by atoms with Gasteiger partial charge in [-0.2, -0.15) is 26.3 Å². The van der Waals surface area contributed by atoms with Gasteiger partial charge in [0, 0.05) is 5.56 Å². The van der Waals surface area contributed by atoms with Crippen LogP contribution >= 0.6 is 0 Å². The predicted octanol–water partition coefficient (Wildman–Crippen LogP) is 3.54. The van der Waals surface area contributed by atoms with Gasteiger partial charge in [-0.3, -0.25) is 4.79 Å². The summed E-state index contributed by atoms with van der Waals surface area (Å²) in [5.41, 5.74) is -3.69. The maximum Gasteiger partial charge on any atom is 0.417 e. The molecule has 0 radical (unpaired) electrons. The van der Waals surface area contributed by atoms with E-state index in [1.807, 2.05) is 0 Å². The van der Waals surface area contributed by atoms with Crippen LogP contribution in [0.15, 0.2) is 18.2 Å². The third-order valence-electron chi connectivity index (χ3n) is 1.81. The highest BCUT2D eigenvalue weighted by molar-refractivity contribution is 5.78. The number of halogens is 6. The smallest absolute Gasteiger partial charge is 0.298 e. The largest absolute Gasteiger partial charge is 0.417 e. The Morgan fingerprint density at radius 2 is 1.50 bits per heavy atom. The predicted molar refractivity (Wildman–Crippen MR) is 41.8 cm³/mol. The van der Waals surface area contributed by atoms with E-state index in [1.54, 1.807) is 0 Å². The lowest BCUT2D eigenvalue weighted by Gasteiger charge is -2.12. The fourth-order valence-corrected chi connectivity index (χ4v) is 1.09. The average molecular weight is 242 g/mol. The van der Waals surface area contributed by atoms with Crippen molar-refractivity contribution in [2.75, 3.05) is 0 Å². The van der Waals surface area contributed by atoms with Gasteiger partial charge in [0.15, 0.2) is 6.29 Å². The zero-order valence-electron chi connectivity index (χ0n) is 7.49. The molecule has 0 unspecified atom stereocenters. The summed E-state index contributed by atoms with van der Waals surface area (Å²) in [4.78, 5) is 10.3. The fourth-order valence-electron chi connectivity index (χ4n) is 1.09. The first-order valence-electron chi connectivity index (χ1n) is 3.90. The molecule has 0 N–H and O–H groups in total. The number of carbonyl (C=O) groups excluding carboxylic acids is 1.